The van der Waals surface area contributed by atoms with Gasteiger partial charge in [0.1, 0.15) is 0 Å². The Hall–Kier alpha value is -1.38. The van der Waals surface area contributed by atoms with Crippen LogP contribution in [0.5, 0.6) is 0 Å². The molecular weight excluding hydrogens is 288 g/mol. The minimum Gasteiger partial charge on any atom is -0.481 e. The van der Waals surface area contributed by atoms with E-state index >= 15 is 0 Å². The quantitative estimate of drug-likeness (QED) is 0.829. The van der Waals surface area contributed by atoms with Gasteiger partial charge in [-0.3, -0.25) is 9.59 Å². The third-order valence-corrected chi connectivity index (χ3v) is 6.91. The van der Waals surface area contributed by atoms with Crippen LogP contribution in [0.3, 0.4) is 0 Å². The highest BCUT2D eigenvalue weighted by Gasteiger charge is 2.64. The van der Waals surface area contributed by atoms with Gasteiger partial charge in [-0.05, 0) is 67.4 Å². The van der Waals surface area contributed by atoms with Gasteiger partial charge in [-0.25, -0.2) is 0 Å². The van der Waals surface area contributed by atoms with E-state index in [1.54, 1.807) is 6.08 Å². The number of carboxylic acid groups (broad SMARTS) is 1. The van der Waals surface area contributed by atoms with E-state index in [0.29, 0.717) is 12.3 Å². The molecule has 3 nitrogen and oxygen atoms in total. The lowest BCUT2D eigenvalue weighted by atomic mass is 9.50. The number of hydrogen-bond acceptors (Lipinski definition) is 2. The molecule has 3 aliphatic rings. The normalized spacial score (nSPS) is 42.9. The molecule has 3 heteroatoms. The van der Waals surface area contributed by atoms with Crippen LogP contribution in [0.15, 0.2) is 23.8 Å². The van der Waals surface area contributed by atoms with Gasteiger partial charge in [0.25, 0.3) is 0 Å². The minimum atomic E-state index is -0.714. The van der Waals surface area contributed by atoms with Crippen molar-refractivity contribution in [2.75, 3.05) is 0 Å². The fourth-order valence-corrected chi connectivity index (χ4v) is 5.82. The molecule has 0 heterocycles. The maximum absolute atomic E-state index is 12.9. The van der Waals surface area contributed by atoms with E-state index in [0.717, 1.165) is 24.8 Å². The Labute approximate surface area is 138 Å². The smallest absolute Gasteiger partial charge is 0.310 e. The molecule has 0 aliphatic heterocycles. The molecule has 2 saturated carbocycles. The fraction of sp³-hybridized carbons (Fsp3) is 0.700. The predicted molar refractivity (Wildman–Crippen MR) is 89.9 cm³/mol. The fourth-order valence-electron chi connectivity index (χ4n) is 5.82. The van der Waals surface area contributed by atoms with E-state index in [4.69, 9.17) is 0 Å². The van der Waals surface area contributed by atoms with E-state index in [-0.39, 0.29) is 29.0 Å². The molecule has 0 unspecified atom stereocenters. The maximum Gasteiger partial charge on any atom is 0.310 e. The molecule has 0 saturated heterocycles. The number of carboxylic acids is 1. The van der Waals surface area contributed by atoms with Gasteiger partial charge >= 0.3 is 5.97 Å². The number of hydrogen-bond donors (Lipinski definition) is 1. The molecular formula is C20H28O3. The largest absolute Gasteiger partial charge is 0.481 e. The van der Waals surface area contributed by atoms with E-state index in [9.17, 15) is 14.7 Å². The number of fused-ring (bicyclic) bond motifs is 3. The summed E-state index contributed by atoms with van der Waals surface area (Å²) in [5.41, 5.74) is 0.0549. The topological polar surface area (TPSA) is 54.4 Å². The van der Waals surface area contributed by atoms with Crippen LogP contribution in [-0.2, 0) is 9.59 Å². The highest BCUT2D eigenvalue weighted by molar-refractivity contribution is 5.95. The van der Waals surface area contributed by atoms with Gasteiger partial charge in [0, 0.05) is 5.92 Å². The molecule has 0 aromatic heterocycles. The lowest BCUT2D eigenvalue weighted by molar-refractivity contribution is -0.165. The van der Waals surface area contributed by atoms with Crippen LogP contribution in [0.4, 0.5) is 0 Å². The molecule has 0 bridgehead atoms. The zero-order chi connectivity index (χ0) is 17.0. The molecule has 2 fully saturated rings. The van der Waals surface area contributed by atoms with Gasteiger partial charge in [0.05, 0.1) is 5.41 Å². The Morgan fingerprint density at radius 3 is 2.61 bits per heavy atom. The first-order chi connectivity index (χ1) is 10.7. The van der Waals surface area contributed by atoms with Gasteiger partial charge in [-0.15, -0.1) is 0 Å². The third kappa shape index (κ3) is 2.23. The molecule has 126 valence electrons. The number of carbonyl (C=O) groups is 2. The summed E-state index contributed by atoms with van der Waals surface area (Å²) in [6, 6.07) is 0. The number of rotatable bonds is 2. The van der Waals surface area contributed by atoms with Gasteiger partial charge in [-0.2, -0.15) is 0 Å². The average molecular weight is 316 g/mol. The summed E-state index contributed by atoms with van der Waals surface area (Å²) < 4.78 is 0. The van der Waals surface area contributed by atoms with Gasteiger partial charge in [0.15, 0.2) is 5.78 Å². The summed E-state index contributed by atoms with van der Waals surface area (Å²) in [7, 11) is 0. The summed E-state index contributed by atoms with van der Waals surface area (Å²) in [6.07, 6.45) is 9.21. The molecule has 3 aliphatic carbocycles. The third-order valence-electron chi connectivity index (χ3n) is 6.91. The van der Waals surface area contributed by atoms with Crippen LogP contribution >= 0.6 is 0 Å². The Morgan fingerprint density at radius 2 is 2.00 bits per heavy atom. The summed E-state index contributed by atoms with van der Waals surface area (Å²) in [5, 5.41) is 10.2. The summed E-state index contributed by atoms with van der Waals surface area (Å²) in [5.74, 6) is -0.249. The number of ketones is 1. The highest BCUT2D eigenvalue weighted by atomic mass is 16.4. The minimum absolute atomic E-state index is 0.0366. The predicted octanol–water partition coefficient (Wildman–Crippen LogP) is 4.24. The lowest BCUT2D eigenvalue weighted by Crippen LogP contribution is -2.54. The Morgan fingerprint density at radius 1 is 1.30 bits per heavy atom. The van der Waals surface area contributed by atoms with Gasteiger partial charge < -0.3 is 5.11 Å². The number of aliphatic carboxylic acids is 1. The molecule has 0 radical (unpaired) electrons. The zero-order valence-corrected chi connectivity index (χ0v) is 14.6. The van der Waals surface area contributed by atoms with E-state index in [1.807, 2.05) is 13.0 Å². The van der Waals surface area contributed by atoms with Crippen molar-refractivity contribution >= 4 is 11.8 Å². The lowest BCUT2D eigenvalue weighted by Gasteiger charge is -2.51. The standard InChI is InChI=1S/C20H28O3/c1-12(2)14-5-6-15-17-16(21)11-13(3)7-8-19(17,4)9-10-20(14,15)18(22)23/h7-8,11-12,14-15,17H,5-6,9-10H2,1-4H3,(H,22,23)/t14-,15+,17-,19-,20+/m1/s1. The zero-order valence-electron chi connectivity index (χ0n) is 14.6. The van der Waals surface area contributed by atoms with Crippen molar-refractivity contribution in [2.45, 2.75) is 53.4 Å². The Bertz CT molecular complexity index is 600. The molecule has 1 N–H and O–H groups in total. The molecule has 5 atom stereocenters. The van der Waals surface area contributed by atoms with Crippen LogP contribution < -0.4 is 0 Å². The van der Waals surface area contributed by atoms with Crippen LogP contribution in [-0.4, -0.2) is 16.9 Å². The summed E-state index contributed by atoms with van der Waals surface area (Å²) >= 11 is 0. The number of allylic oxidation sites excluding steroid dienone is 4. The second-order valence-electron chi connectivity index (χ2n) is 8.49. The van der Waals surface area contributed by atoms with Crippen LogP contribution in [0, 0.1) is 34.5 Å². The van der Waals surface area contributed by atoms with Gasteiger partial charge in [-0.1, -0.05) is 32.9 Å². The first kappa shape index (κ1) is 16.5. The van der Waals surface area contributed by atoms with Gasteiger partial charge in [0.2, 0.25) is 0 Å². The molecule has 0 aromatic carbocycles. The van der Waals surface area contributed by atoms with E-state index < -0.39 is 11.4 Å². The molecule has 3 rings (SSSR count). The van der Waals surface area contributed by atoms with Crippen LogP contribution in [0.1, 0.15) is 53.4 Å². The van der Waals surface area contributed by atoms with Crippen molar-refractivity contribution < 1.29 is 14.7 Å². The van der Waals surface area contributed by atoms with Crippen LogP contribution in [0.2, 0.25) is 0 Å². The first-order valence-corrected chi connectivity index (χ1v) is 8.87. The van der Waals surface area contributed by atoms with Crippen molar-refractivity contribution in [2.24, 2.45) is 34.5 Å². The SMILES string of the molecule is CC1=CC(=O)[C@H]2[C@@H]3CC[C@H](C(C)C)[C@@]3(C(=O)O)CC[C@@]2(C)C=C1. The Balaban J connectivity index is 2.11. The second-order valence-corrected chi connectivity index (χ2v) is 8.49. The van der Waals surface area contributed by atoms with Crippen molar-refractivity contribution in [3.05, 3.63) is 23.8 Å². The van der Waals surface area contributed by atoms with Crippen LogP contribution in [0.25, 0.3) is 0 Å². The highest BCUT2D eigenvalue weighted by Crippen LogP contribution is 2.64. The first-order valence-electron chi connectivity index (χ1n) is 8.87. The average Bonchev–Trinajstić information content (AvgIpc) is 2.80. The number of carbonyl (C=O) groups excluding carboxylic acids is 1. The molecule has 0 aromatic rings. The van der Waals surface area contributed by atoms with Crippen molar-refractivity contribution in [3.8, 4) is 0 Å². The van der Waals surface area contributed by atoms with E-state index in [2.05, 4.69) is 26.8 Å². The van der Waals surface area contributed by atoms with E-state index in [1.165, 1.54) is 0 Å². The van der Waals surface area contributed by atoms with Crippen molar-refractivity contribution in [1.29, 1.82) is 0 Å². The second kappa shape index (κ2) is 5.32. The van der Waals surface area contributed by atoms with Crippen molar-refractivity contribution in [1.82, 2.24) is 0 Å². The monoisotopic (exact) mass is 316 g/mol. The Kier molecular flexibility index (Phi) is 3.81. The van der Waals surface area contributed by atoms with Crippen molar-refractivity contribution in [3.63, 3.8) is 0 Å². The molecule has 23 heavy (non-hydrogen) atoms. The molecule has 0 amide bonds. The summed E-state index contributed by atoms with van der Waals surface area (Å²) in [6.45, 7) is 8.35. The maximum atomic E-state index is 12.9. The molecule has 0 spiro atoms. The summed E-state index contributed by atoms with van der Waals surface area (Å²) in [4.78, 5) is 25.3.